The largest absolute Gasteiger partial charge is 0.493 e. The zero-order chi connectivity index (χ0) is 20.8. The van der Waals surface area contributed by atoms with Gasteiger partial charge in [0.05, 0.1) is 7.11 Å². The number of imidazole rings is 1. The molecule has 0 saturated carbocycles. The highest BCUT2D eigenvalue weighted by molar-refractivity contribution is 7.71. The molecule has 0 fully saturated rings. The first-order chi connectivity index (χ1) is 14.0. The maximum absolute atomic E-state index is 12.6. The molecule has 0 aliphatic heterocycles. The first-order valence-corrected chi connectivity index (χ1v) is 9.16. The number of rotatable bonds is 8. The molecule has 0 aliphatic rings. The summed E-state index contributed by atoms with van der Waals surface area (Å²) in [5.41, 5.74) is 1.86. The van der Waals surface area contributed by atoms with Gasteiger partial charge in [0, 0.05) is 18.4 Å². The molecule has 0 saturated heterocycles. The van der Waals surface area contributed by atoms with Crippen molar-refractivity contribution in [1.29, 1.82) is 0 Å². The maximum Gasteiger partial charge on any atom is 0.387 e. The third kappa shape index (κ3) is 5.00. The van der Waals surface area contributed by atoms with Gasteiger partial charge in [0.15, 0.2) is 16.3 Å². The normalized spacial score (nSPS) is 10.8. The molecular formula is C20H19F2N3O3S. The molecule has 0 unspecified atom stereocenters. The molecule has 2 N–H and O–H groups in total. The highest BCUT2D eigenvalue weighted by atomic mass is 32.1. The predicted molar refractivity (Wildman–Crippen MR) is 107 cm³/mol. The Morgan fingerprint density at radius 3 is 2.66 bits per heavy atom. The molecule has 29 heavy (non-hydrogen) atoms. The van der Waals surface area contributed by atoms with Crippen molar-refractivity contribution >= 4 is 18.1 Å². The van der Waals surface area contributed by atoms with Crippen LogP contribution >= 0.6 is 12.2 Å². The Labute approximate surface area is 171 Å². The Bertz CT molecular complexity index is 1030. The fourth-order valence-corrected chi connectivity index (χ4v) is 3.11. The predicted octanol–water partition coefficient (Wildman–Crippen LogP) is 4.12. The van der Waals surface area contributed by atoms with Crippen LogP contribution in [0.25, 0.3) is 5.69 Å². The number of aromatic amines is 1. The number of hydrogen-bond donors (Lipinski definition) is 2. The van der Waals surface area contributed by atoms with E-state index in [1.54, 1.807) is 22.9 Å². The van der Waals surface area contributed by atoms with Gasteiger partial charge in [-0.2, -0.15) is 8.78 Å². The molecule has 152 valence electrons. The molecule has 0 aliphatic carbocycles. The second-order valence-electron chi connectivity index (χ2n) is 6.02. The Hall–Kier alpha value is -3.20. The van der Waals surface area contributed by atoms with Crippen LogP contribution < -0.4 is 14.8 Å². The molecule has 1 heterocycles. The van der Waals surface area contributed by atoms with Gasteiger partial charge in [-0.3, -0.25) is 9.36 Å². The van der Waals surface area contributed by atoms with Crippen molar-refractivity contribution in [2.24, 2.45) is 0 Å². The number of carbonyl (C=O) groups excluding carboxylic acids is 1. The Kier molecular flexibility index (Phi) is 6.61. The van der Waals surface area contributed by atoms with Crippen LogP contribution in [-0.4, -0.2) is 35.7 Å². The lowest BCUT2D eigenvalue weighted by Gasteiger charge is -2.12. The standard InChI is InChI=1S/C20H19F2N3O3S/c1-27-16-8-7-13(11-17(16)28-19(21)22)9-10-23-18(26)15-12-24-20(29)25(15)14-5-3-2-4-6-14/h2-8,11-12,19H,9-10H2,1H3,(H,23,26)(H,24,29). The molecule has 0 radical (unpaired) electrons. The number of ether oxygens (including phenoxy) is 2. The van der Waals surface area contributed by atoms with E-state index in [0.717, 1.165) is 11.3 Å². The highest BCUT2D eigenvalue weighted by Gasteiger charge is 2.15. The average Bonchev–Trinajstić information content (AvgIpc) is 3.10. The van der Waals surface area contributed by atoms with Crippen LogP contribution in [0.4, 0.5) is 8.78 Å². The van der Waals surface area contributed by atoms with E-state index in [-0.39, 0.29) is 17.4 Å². The summed E-state index contributed by atoms with van der Waals surface area (Å²) >= 11 is 5.28. The summed E-state index contributed by atoms with van der Waals surface area (Å²) < 4.78 is 36.6. The minimum absolute atomic E-state index is 0.0466. The molecule has 2 aromatic carbocycles. The lowest BCUT2D eigenvalue weighted by molar-refractivity contribution is -0.0512. The molecule has 1 amide bonds. The van der Waals surface area contributed by atoms with Crippen LogP contribution in [0.1, 0.15) is 16.1 Å². The first-order valence-electron chi connectivity index (χ1n) is 8.75. The van der Waals surface area contributed by atoms with Crippen molar-refractivity contribution in [3.8, 4) is 17.2 Å². The van der Waals surface area contributed by atoms with E-state index >= 15 is 0 Å². The van der Waals surface area contributed by atoms with Crippen LogP contribution in [0.15, 0.2) is 54.7 Å². The van der Waals surface area contributed by atoms with Gasteiger partial charge in [-0.05, 0) is 48.5 Å². The van der Waals surface area contributed by atoms with E-state index in [1.807, 2.05) is 30.3 Å². The Morgan fingerprint density at radius 1 is 1.21 bits per heavy atom. The molecule has 3 rings (SSSR count). The van der Waals surface area contributed by atoms with E-state index in [4.69, 9.17) is 17.0 Å². The smallest absolute Gasteiger partial charge is 0.387 e. The minimum atomic E-state index is -2.95. The summed E-state index contributed by atoms with van der Waals surface area (Å²) in [4.78, 5) is 15.5. The van der Waals surface area contributed by atoms with Crippen molar-refractivity contribution in [2.75, 3.05) is 13.7 Å². The van der Waals surface area contributed by atoms with Crippen LogP contribution in [-0.2, 0) is 6.42 Å². The van der Waals surface area contributed by atoms with Gasteiger partial charge in [0.25, 0.3) is 5.91 Å². The zero-order valence-electron chi connectivity index (χ0n) is 15.5. The number of alkyl halides is 2. The summed E-state index contributed by atoms with van der Waals surface area (Å²) in [6.07, 6.45) is 1.97. The Morgan fingerprint density at radius 2 is 1.97 bits per heavy atom. The second kappa shape index (κ2) is 9.33. The number of halogens is 2. The van der Waals surface area contributed by atoms with Gasteiger partial charge in [-0.1, -0.05) is 24.3 Å². The number of aromatic nitrogens is 2. The van der Waals surface area contributed by atoms with Gasteiger partial charge in [0.2, 0.25) is 0 Å². The van der Waals surface area contributed by atoms with Crippen molar-refractivity contribution in [3.05, 3.63) is 70.8 Å². The van der Waals surface area contributed by atoms with Gasteiger partial charge in [-0.25, -0.2) is 0 Å². The van der Waals surface area contributed by atoms with Crippen molar-refractivity contribution in [3.63, 3.8) is 0 Å². The lowest BCUT2D eigenvalue weighted by Crippen LogP contribution is -2.27. The third-order valence-corrected chi connectivity index (χ3v) is 4.47. The van der Waals surface area contributed by atoms with Crippen molar-refractivity contribution in [2.45, 2.75) is 13.0 Å². The summed E-state index contributed by atoms with van der Waals surface area (Å²) in [5.74, 6) is -0.138. The second-order valence-corrected chi connectivity index (χ2v) is 6.41. The summed E-state index contributed by atoms with van der Waals surface area (Å²) in [7, 11) is 1.37. The number of para-hydroxylation sites is 1. The van der Waals surface area contributed by atoms with E-state index in [9.17, 15) is 13.6 Å². The first kappa shape index (κ1) is 20.5. The zero-order valence-corrected chi connectivity index (χ0v) is 16.3. The summed E-state index contributed by atoms with van der Waals surface area (Å²) in [5, 5.41) is 2.81. The molecule has 3 aromatic rings. The minimum Gasteiger partial charge on any atom is -0.493 e. The van der Waals surface area contributed by atoms with Crippen LogP contribution in [0.3, 0.4) is 0 Å². The lowest BCUT2D eigenvalue weighted by atomic mass is 10.1. The number of methoxy groups -OCH3 is 1. The maximum atomic E-state index is 12.6. The fraction of sp³-hybridized carbons (Fsp3) is 0.200. The molecule has 0 spiro atoms. The van der Waals surface area contributed by atoms with Gasteiger partial charge in [-0.15, -0.1) is 0 Å². The molecule has 0 atom stereocenters. The molecule has 1 aromatic heterocycles. The monoisotopic (exact) mass is 419 g/mol. The molecule has 0 bridgehead atoms. The van der Waals surface area contributed by atoms with E-state index in [0.29, 0.717) is 23.4 Å². The van der Waals surface area contributed by atoms with Crippen molar-refractivity contribution < 1.29 is 23.0 Å². The van der Waals surface area contributed by atoms with Crippen molar-refractivity contribution in [1.82, 2.24) is 14.9 Å². The Balaban J connectivity index is 1.68. The van der Waals surface area contributed by atoms with Gasteiger partial charge < -0.3 is 19.8 Å². The van der Waals surface area contributed by atoms with Gasteiger partial charge in [0.1, 0.15) is 5.69 Å². The highest BCUT2D eigenvalue weighted by Crippen LogP contribution is 2.29. The summed E-state index contributed by atoms with van der Waals surface area (Å²) in [6, 6.07) is 14.0. The van der Waals surface area contributed by atoms with E-state index in [2.05, 4.69) is 15.0 Å². The number of nitrogens with one attached hydrogen (secondary N) is 2. The molecular weight excluding hydrogens is 400 g/mol. The van der Waals surface area contributed by atoms with Crippen LogP contribution in [0, 0.1) is 4.77 Å². The number of H-pyrrole nitrogens is 1. The molecule has 6 nitrogen and oxygen atoms in total. The third-order valence-electron chi connectivity index (χ3n) is 4.17. The summed E-state index contributed by atoms with van der Waals surface area (Å²) in [6.45, 7) is -2.65. The van der Waals surface area contributed by atoms with E-state index < -0.39 is 6.61 Å². The number of nitrogens with zero attached hydrogens (tertiary/aromatic N) is 1. The van der Waals surface area contributed by atoms with E-state index in [1.165, 1.54) is 13.2 Å². The SMILES string of the molecule is COc1ccc(CCNC(=O)c2c[nH]c(=S)n2-c2ccccc2)cc1OC(F)F. The number of benzene rings is 2. The van der Waals surface area contributed by atoms with Crippen LogP contribution in [0.5, 0.6) is 11.5 Å². The quantitative estimate of drug-likeness (QED) is 0.539. The fourth-order valence-electron chi connectivity index (χ4n) is 2.84. The average molecular weight is 419 g/mol. The van der Waals surface area contributed by atoms with Gasteiger partial charge >= 0.3 is 6.61 Å². The molecule has 9 heteroatoms. The number of carbonyl (C=O) groups is 1. The number of hydrogen-bond acceptors (Lipinski definition) is 4. The topological polar surface area (TPSA) is 68.3 Å². The number of amides is 1. The van der Waals surface area contributed by atoms with Crippen LogP contribution in [0.2, 0.25) is 0 Å².